The average Bonchev–Trinajstić information content (AvgIpc) is 2.77. The number of ether oxygens (including phenoxy) is 1. The molecule has 1 amide bonds. The smallest absolute Gasteiger partial charge is 0.433 e. The van der Waals surface area contributed by atoms with Gasteiger partial charge in [0.15, 0.2) is 5.69 Å². The topological polar surface area (TPSA) is 71.5 Å². The SMILES string of the molecule is CC(C)(C)OC(=O)N1CCN(c2nc(-c3cnc4ccccc4c3)cc(C(F)(F)F)n2)CC1. The minimum absolute atomic E-state index is 0.0307. The number of fused-ring (bicyclic) bond motifs is 1. The number of amides is 1. The fraction of sp³-hybridized carbons (Fsp3) is 0.391. The van der Waals surface area contributed by atoms with Crippen LogP contribution in [-0.4, -0.2) is 57.7 Å². The normalized spacial score (nSPS) is 15.1. The Morgan fingerprint density at radius 2 is 1.70 bits per heavy atom. The summed E-state index contributed by atoms with van der Waals surface area (Å²) in [5.41, 5.74) is -0.299. The quantitative estimate of drug-likeness (QED) is 0.550. The fourth-order valence-corrected chi connectivity index (χ4v) is 3.50. The summed E-state index contributed by atoms with van der Waals surface area (Å²) in [4.78, 5) is 28.0. The minimum Gasteiger partial charge on any atom is -0.444 e. The molecule has 0 bridgehead atoms. The number of hydrogen-bond acceptors (Lipinski definition) is 6. The van der Waals surface area contributed by atoms with Gasteiger partial charge in [0.25, 0.3) is 0 Å². The number of alkyl halides is 3. The van der Waals surface area contributed by atoms with E-state index in [1.54, 1.807) is 31.7 Å². The number of piperazine rings is 1. The van der Waals surface area contributed by atoms with Gasteiger partial charge in [-0.05, 0) is 39.0 Å². The number of nitrogens with zero attached hydrogens (tertiary/aromatic N) is 5. The highest BCUT2D eigenvalue weighted by Crippen LogP contribution is 2.32. The average molecular weight is 459 g/mol. The Bertz CT molecular complexity index is 1170. The number of rotatable bonds is 2. The molecule has 7 nitrogen and oxygen atoms in total. The van der Waals surface area contributed by atoms with Crippen molar-refractivity contribution in [3.8, 4) is 11.3 Å². The molecule has 33 heavy (non-hydrogen) atoms. The summed E-state index contributed by atoms with van der Waals surface area (Å²) in [6.45, 7) is 6.50. The monoisotopic (exact) mass is 459 g/mol. The van der Waals surface area contributed by atoms with Gasteiger partial charge in [0.05, 0.1) is 11.2 Å². The molecule has 0 spiro atoms. The van der Waals surface area contributed by atoms with Crippen LogP contribution in [0.15, 0.2) is 42.6 Å². The highest BCUT2D eigenvalue weighted by Gasteiger charge is 2.35. The third-order valence-corrected chi connectivity index (χ3v) is 5.11. The van der Waals surface area contributed by atoms with Gasteiger partial charge in [0.1, 0.15) is 5.60 Å². The first-order valence-electron chi connectivity index (χ1n) is 10.5. The van der Waals surface area contributed by atoms with Crippen LogP contribution in [0.5, 0.6) is 0 Å². The Balaban J connectivity index is 1.61. The van der Waals surface area contributed by atoms with Gasteiger partial charge in [0.2, 0.25) is 5.95 Å². The lowest BCUT2D eigenvalue weighted by Crippen LogP contribution is -2.50. The van der Waals surface area contributed by atoms with E-state index in [9.17, 15) is 18.0 Å². The largest absolute Gasteiger partial charge is 0.444 e. The molecule has 0 aliphatic carbocycles. The molecule has 1 aromatic carbocycles. The summed E-state index contributed by atoms with van der Waals surface area (Å²) < 4.78 is 46.2. The van der Waals surface area contributed by atoms with Crippen LogP contribution in [0.3, 0.4) is 0 Å². The molecule has 0 atom stereocenters. The van der Waals surface area contributed by atoms with E-state index < -0.39 is 23.6 Å². The summed E-state index contributed by atoms with van der Waals surface area (Å²) in [5.74, 6) is -0.0307. The van der Waals surface area contributed by atoms with E-state index in [1.807, 2.05) is 24.3 Å². The molecule has 4 rings (SSSR count). The third-order valence-electron chi connectivity index (χ3n) is 5.11. The Kier molecular flexibility index (Phi) is 5.85. The Morgan fingerprint density at radius 1 is 1.00 bits per heavy atom. The maximum absolute atomic E-state index is 13.6. The molecular formula is C23H24F3N5O2. The highest BCUT2D eigenvalue weighted by atomic mass is 19.4. The van der Waals surface area contributed by atoms with E-state index in [4.69, 9.17) is 4.74 Å². The van der Waals surface area contributed by atoms with E-state index >= 15 is 0 Å². The van der Waals surface area contributed by atoms with Crippen LogP contribution in [0.1, 0.15) is 26.5 Å². The molecule has 3 aromatic rings. The van der Waals surface area contributed by atoms with Crippen LogP contribution < -0.4 is 4.90 Å². The van der Waals surface area contributed by atoms with Gasteiger partial charge in [-0.1, -0.05) is 18.2 Å². The molecule has 1 fully saturated rings. The summed E-state index contributed by atoms with van der Waals surface area (Å²) >= 11 is 0. The van der Waals surface area contributed by atoms with Gasteiger partial charge < -0.3 is 14.5 Å². The second-order valence-corrected chi connectivity index (χ2v) is 8.81. The predicted octanol–water partition coefficient (Wildman–Crippen LogP) is 4.77. The van der Waals surface area contributed by atoms with Crippen molar-refractivity contribution in [1.29, 1.82) is 0 Å². The van der Waals surface area contributed by atoms with Crippen LogP contribution in [0.4, 0.5) is 23.9 Å². The number of benzene rings is 1. The number of halogens is 3. The lowest BCUT2D eigenvalue weighted by atomic mass is 10.1. The van der Waals surface area contributed by atoms with Crippen molar-refractivity contribution in [2.24, 2.45) is 0 Å². The van der Waals surface area contributed by atoms with Crippen LogP contribution in [0.25, 0.3) is 22.2 Å². The molecule has 0 N–H and O–H groups in total. The molecule has 10 heteroatoms. The van der Waals surface area contributed by atoms with E-state index in [-0.39, 0.29) is 24.7 Å². The first kappa shape index (κ1) is 22.8. The zero-order valence-electron chi connectivity index (χ0n) is 18.6. The second kappa shape index (κ2) is 8.49. The van der Waals surface area contributed by atoms with Crippen molar-refractivity contribution in [1.82, 2.24) is 19.9 Å². The van der Waals surface area contributed by atoms with Gasteiger partial charge >= 0.3 is 12.3 Å². The molecule has 174 valence electrons. The summed E-state index contributed by atoms with van der Waals surface area (Å²) in [6, 6.07) is 10.0. The fourth-order valence-electron chi connectivity index (χ4n) is 3.50. The molecule has 0 saturated carbocycles. The van der Waals surface area contributed by atoms with Crippen molar-refractivity contribution in [2.45, 2.75) is 32.5 Å². The molecule has 0 unspecified atom stereocenters. The Labute approximate surface area is 189 Å². The van der Waals surface area contributed by atoms with Crippen molar-refractivity contribution >= 4 is 22.9 Å². The number of carbonyl (C=O) groups is 1. The second-order valence-electron chi connectivity index (χ2n) is 8.81. The standard InChI is InChI=1S/C23H24F3N5O2/c1-22(2,3)33-21(32)31-10-8-30(9-11-31)20-28-18(13-19(29-20)23(24,25)26)16-12-15-6-4-5-7-17(15)27-14-16/h4-7,12-14H,8-11H2,1-3H3. The highest BCUT2D eigenvalue weighted by molar-refractivity contribution is 5.83. The minimum atomic E-state index is -4.63. The van der Waals surface area contributed by atoms with Crippen molar-refractivity contribution in [3.05, 3.63) is 48.3 Å². The molecule has 1 saturated heterocycles. The maximum Gasteiger partial charge on any atom is 0.433 e. The predicted molar refractivity (Wildman–Crippen MR) is 118 cm³/mol. The maximum atomic E-state index is 13.6. The number of hydrogen-bond donors (Lipinski definition) is 0. The lowest BCUT2D eigenvalue weighted by molar-refractivity contribution is -0.141. The van der Waals surface area contributed by atoms with Crippen molar-refractivity contribution in [2.75, 3.05) is 31.1 Å². The van der Waals surface area contributed by atoms with E-state index in [0.29, 0.717) is 18.7 Å². The molecule has 1 aliphatic rings. The summed E-state index contributed by atoms with van der Waals surface area (Å²) in [6.07, 6.45) is -3.57. The van der Waals surface area contributed by atoms with Gasteiger partial charge in [0, 0.05) is 43.3 Å². The van der Waals surface area contributed by atoms with Crippen LogP contribution in [-0.2, 0) is 10.9 Å². The molecule has 0 radical (unpaired) electrons. The van der Waals surface area contributed by atoms with Crippen LogP contribution in [0.2, 0.25) is 0 Å². The van der Waals surface area contributed by atoms with E-state index in [1.165, 1.54) is 11.1 Å². The number of carbonyl (C=O) groups excluding carboxylic acids is 1. The molecule has 2 aromatic heterocycles. The van der Waals surface area contributed by atoms with E-state index in [0.717, 1.165) is 17.0 Å². The zero-order chi connectivity index (χ0) is 23.8. The third kappa shape index (κ3) is 5.32. The molecule has 1 aliphatic heterocycles. The first-order chi connectivity index (χ1) is 15.5. The number of para-hydroxylation sites is 1. The molecule has 3 heterocycles. The zero-order valence-corrected chi connectivity index (χ0v) is 18.6. The van der Waals surface area contributed by atoms with Gasteiger partial charge in [-0.2, -0.15) is 13.2 Å². The van der Waals surface area contributed by atoms with Crippen LogP contribution >= 0.6 is 0 Å². The number of anilines is 1. The lowest BCUT2D eigenvalue weighted by Gasteiger charge is -2.35. The van der Waals surface area contributed by atoms with Gasteiger partial charge in [-0.15, -0.1) is 0 Å². The summed E-state index contributed by atoms with van der Waals surface area (Å²) in [5, 5.41) is 0.801. The Morgan fingerprint density at radius 3 is 2.36 bits per heavy atom. The molecular weight excluding hydrogens is 435 g/mol. The van der Waals surface area contributed by atoms with Crippen LogP contribution in [0, 0.1) is 0 Å². The van der Waals surface area contributed by atoms with Crippen molar-refractivity contribution in [3.63, 3.8) is 0 Å². The van der Waals surface area contributed by atoms with Gasteiger partial charge in [-0.25, -0.2) is 14.8 Å². The first-order valence-corrected chi connectivity index (χ1v) is 10.5. The summed E-state index contributed by atoms with van der Waals surface area (Å²) in [7, 11) is 0. The van der Waals surface area contributed by atoms with Crippen molar-refractivity contribution < 1.29 is 22.7 Å². The Hall–Kier alpha value is -3.43. The van der Waals surface area contributed by atoms with Gasteiger partial charge in [-0.3, -0.25) is 4.98 Å². The van der Waals surface area contributed by atoms with E-state index in [2.05, 4.69) is 15.0 Å². The number of aromatic nitrogens is 3. The number of pyridine rings is 1.